The van der Waals surface area contributed by atoms with Crippen molar-refractivity contribution >= 4 is 18.4 Å². The van der Waals surface area contributed by atoms with Crippen LogP contribution in [0.25, 0.3) is 0 Å². The Morgan fingerprint density at radius 1 is 1.46 bits per heavy atom. The Morgan fingerprint density at radius 2 is 2.00 bits per heavy atom. The van der Waals surface area contributed by atoms with Crippen LogP contribution in [0.2, 0.25) is 0 Å². The number of carbonyl (C=O) groups excluding carboxylic acids is 1. The average Bonchev–Trinajstić information content (AvgIpc) is 1.92. The number of halogens is 1. The fourth-order valence-electron chi connectivity index (χ4n) is 3.00. The van der Waals surface area contributed by atoms with Crippen LogP contribution in [0.1, 0.15) is 25.7 Å². The first-order valence-electron chi connectivity index (χ1n) is 4.45. The lowest BCUT2D eigenvalue weighted by Gasteiger charge is -2.68. The molecule has 3 rings (SSSR count). The first-order valence-corrected chi connectivity index (χ1v) is 4.45. The smallest absolute Gasteiger partial charge is 0.311 e. The zero-order valence-corrected chi connectivity index (χ0v) is 8.65. The maximum Gasteiger partial charge on any atom is 0.311 e. The van der Waals surface area contributed by atoms with Crippen molar-refractivity contribution < 1.29 is 9.53 Å². The summed E-state index contributed by atoms with van der Waals surface area (Å²) in [5, 5.41) is 0. The molecule has 0 atom stereocenters. The molecule has 76 valence electrons. The van der Waals surface area contributed by atoms with E-state index in [0.29, 0.717) is 5.41 Å². The first kappa shape index (κ1) is 10.8. The highest BCUT2D eigenvalue weighted by atomic mass is 35.5. The SMILES string of the molecule is COC(=O)C12CC(CCN)(C1)C2.Cl. The number of nitrogens with two attached hydrogens (primary N) is 1. The van der Waals surface area contributed by atoms with Crippen molar-refractivity contribution in [3.8, 4) is 0 Å². The van der Waals surface area contributed by atoms with E-state index in [2.05, 4.69) is 0 Å². The number of esters is 1. The van der Waals surface area contributed by atoms with Crippen LogP contribution in [0.3, 0.4) is 0 Å². The number of hydrogen-bond donors (Lipinski definition) is 1. The Kier molecular flexibility index (Phi) is 2.61. The molecule has 0 aromatic heterocycles. The fourth-order valence-corrected chi connectivity index (χ4v) is 3.00. The fraction of sp³-hybridized carbons (Fsp3) is 0.889. The lowest BCUT2D eigenvalue weighted by molar-refractivity contribution is -0.226. The zero-order chi connectivity index (χ0) is 8.82. The highest BCUT2D eigenvalue weighted by Gasteiger charge is 2.71. The molecule has 0 heterocycles. The van der Waals surface area contributed by atoms with E-state index < -0.39 is 0 Å². The minimum atomic E-state index is -0.0794. The van der Waals surface area contributed by atoms with Crippen LogP contribution in [0, 0.1) is 10.8 Å². The Bertz CT molecular complexity index is 210. The molecule has 0 saturated heterocycles. The molecule has 3 nitrogen and oxygen atoms in total. The van der Waals surface area contributed by atoms with E-state index in [9.17, 15) is 4.79 Å². The van der Waals surface area contributed by atoms with Gasteiger partial charge < -0.3 is 10.5 Å². The van der Waals surface area contributed by atoms with Gasteiger partial charge in [0.25, 0.3) is 0 Å². The standard InChI is InChI=1S/C9H15NO2.ClH/c1-12-7(11)9-4-8(5-9,6-9)2-3-10;/h2-6,10H2,1H3;1H. The van der Waals surface area contributed by atoms with Crippen LogP contribution in [0.15, 0.2) is 0 Å². The van der Waals surface area contributed by atoms with Crippen molar-refractivity contribution in [2.75, 3.05) is 13.7 Å². The minimum Gasteiger partial charge on any atom is -0.469 e. The number of hydrogen-bond acceptors (Lipinski definition) is 3. The summed E-state index contributed by atoms with van der Waals surface area (Å²) in [7, 11) is 1.47. The molecule has 0 unspecified atom stereocenters. The summed E-state index contributed by atoms with van der Waals surface area (Å²) in [6.07, 6.45) is 4.13. The predicted octanol–water partition coefficient (Wildman–Crippen LogP) is 1.10. The van der Waals surface area contributed by atoms with Crippen molar-refractivity contribution in [1.29, 1.82) is 0 Å². The summed E-state index contributed by atoms with van der Waals surface area (Å²) in [6.45, 7) is 0.747. The molecule has 0 amide bonds. The number of carbonyl (C=O) groups is 1. The topological polar surface area (TPSA) is 52.3 Å². The normalized spacial score (nSPS) is 39.5. The molecule has 2 bridgehead atoms. The molecule has 3 aliphatic carbocycles. The zero-order valence-electron chi connectivity index (χ0n) is 7.84. The van der Waals surface area contributed by atoms with Gasteiger partial charge in [0.05, 0.1) is 12.5 Å². The van der Waals surface area contributed by atoms with E-state index in [4.69, 9.17) is 10.5 Å². The second-order valence-electron chi connectivity index (χ2n) is 4.34. The summed E-state index contributed by atoms with van der Waals surface area (Å²) in [4.78, 5) is 11.2. The van der Waals surface area contributed by atoms with Crippen LogP contribution < -0.4 is 5.73 Å². The summed E-state index contributed by atoms with van der Waals surface area (Å²) >= 11 is 0. The minimum absolute atomic E-state index is 0. The van der Waals surface area contributed by atoms with Crippen molar-refractivity contribution in [3.05, 3.63) is 0 Å². The predicted molar refractivity (Wildman–Crippen MR) is 51.7 cm³/mol. The van der Waals surface area contributed by atoms with Gasteiger partial charge in [-0.25, -0.2) is 0 Å². The van der Waals surface area contributed by atoms with Crippen molar-refractivity contribution in [1.82, 2.24) is 0 Å². The summed E-state index contributed by atoms with van der Waals surface area (Å²) in [5.74, 6) is -0.0126. The molecule has 3 fully saturated rings. The Balaban J connectivity index is 0.000000845. The van der Waals surface area contributed by atoms with E-state index in [1.54, 1.807) is 0 Å². The third kappa shape index (κ3) is 1.25. The first-order chi connectivity index (χ1) is 5.66. The largest absolute Gasteiger partial charge is 0.469 e. The molecular formula is C9H16ClNO2. The maximum absolute atomic E-state index is 11.2. The van der Waals surface area contributed by atoms with E-state index >= 15 is 0 Å². The quantitative estimate of drug-likeness (QED) is 0.703. The van der Waals surface area contributed by atoms with Crippen LogP contribution in [-0.4, -0.2) is 19.6 Å². The van der Waals surface area contributed by atoms with Gasteiger partial charge in [0.1, 0.15) is 0 Å². The summed E-state index contributed by atoms with van der Waals surface area (Å²) in [6, 6.07) is 0. The van der Waals surface area contributed by atoms with Gasteiger partial charge in [0.15, 0.2) is 0 Å². The molecule has 0 radical (unpaired) electrons. The highest BCUT2D eigenvalue weighted by molar-refractivity contribution is 5.85. The second kappa shape index (κ2) is 3.14. The highest BCUT2D eigenvalue weighted by Crippen LogP contribution is 2.74. The third-order valence-corrected chi connectivity index (χ3v) is 3.43. The Hall–Kier alpha value is -0.280. The van der Waals surface area contributed by atoms with Gasteiger partial charge in [-0.15, -0.1) is 12.4 Å². The molecule has 0 aromatic carbocycles. The van der Waals surface area contributed by atoms with Crippen molar-refractivity contribution in [3.63, 3.8) is 0 Å². The van der Waals surface area contributed by atoms with Gasteiger partial charge in [0, 0.05) is 0 Å². The molecular weight excluding hydrogens is 190 g/mol. The molecule has 13 heavy (non-hydrogen) atoms. The lowest BCUT2D eigenvalue weighted by Crippen LogP contribution is -2.65. The van der Waals surface area contributed by atoms with Gasteiger partial charge in [-0.2, -0.15) is 0 Å². The van der Waals surface area contributed by atoms with E-state index in [-0.39, 0.29) is 23.8 Å². The van der Waals surface area contributed by atoms with E-state index in [1.807, 2.05) is 0 Å². The van der Waals surface area contributed by atoms with Crippen molar-refractivity contribution in [2.45, 2.75) is 25.7 Å². The third-order valence-electron chi connectivity index (χ3n) is 3.43. The van der Waals surface area contributed by atoms with Gasteiger partial charge in [-0.1, -0.05) is 0 Å². The van der Waals surface area contributed by atoms with Crippen LogP contribution in [-0.2, 0) is 9.53 Å². The molecule has 0 aliphatic heterocycles. The molecule has 0 aromatic rings. The van der Waals surface area contributed by atoms with Crippen LogP contribution in [0.4, 0.5) is 0 Å². The summed E-state index contributed by atoms with van der Waals surface area (Å²) < 4.78 is 4.75. The van der Waals surface area contributed by atoms with Crippen LogP contribution >= 0.6 is 12.4 Å². The number of rotatable bonds is 3. The average molecular weight is 206 g/mol. The Morgan fingerprint density at radius 3 is 2.38 bits per heavy atom. The molecule has 3 saturated carbocycles. The molecule has 3 aliphatic rings. The van der Waals surface area contributed by atoms with Gasteiger partial charge in [-0.05, 0) is 37.6 Å². The molecule has 2 N–H and O–H groups in total. The van der Waals surface area contributed by atoms with Gasteiger partial charge in [0.2, 0.25) is 0 Å². The van der Waals surface area contributed by atoms with Gasteiger partial charge in [-0.3, -0.25) is 4.79 Å². The molecule has 4 heteroatoms. The second-order valence-corrected chi connectivity index (χ2v) is 4.34. The van der Waals surface area contributed by atoms with E-state index in [0.717, 1.165) is 32.2 Å². The molecule has 0 spiro atoms. The Labute approximate surface area is 84.4 Å². The van der Waals surface area contributed by atoms with E-state index in [1.165, 1.54) is 7.11 Å². The van der Waals surface area contributed by atoms with Crippen LogP contribution in [0.5, 0.6) is 0 Å². The summed E-state index contributed by atoms with van der Waals surface area (Å²) in [5.41, 5.74) is 5.84. The maximum atomic E-state index is 11.2. The number of methoxy groups -OCH3 is 1. The van der Waals surface area contributed by atoms with Gasteiger partial charge >= 0.3 is 5.97 Å². The monoisotopic (exact) mass is 205 g/mol. The number of ether oxygens (including phenoxy) is 1. The lowest BCUT2D eigenvalue weighted by atomic mass is 9.34. The van der Waals surface area contributed by atoms with Crippen molar-refractivity contribution in [2.24, 2.45) is 16.6 Å².